The molecule has 0 radical (unpaired) electrons. The number of rotatable bonds is 5. The fraction of sp³-hybridized carbons (Fsp3) is 0.786. The number of nitrogens with zero attached hydrogens (tertiary/aromatic N) is 3. The van der Waals surface area contributed by atoms with Gasteiger partial charge in [-0.25, -0.2) is 4.98 Å². The predicted octanol–water partition coefficient (Wildman–Crippen LogP) is 1.19. The second-order valence-corrected chi connectivity index (χ2v) is 6.82. The minimum absolute atomic E-state index is 0. The maximum absolute atomic E-state index is 5.15. The van der Waals surface area contributed by atoms with Crippen LogP contribution in [0.5, 0.6) is 0 Å². The van der Waals surface area contributed by atoms with Crippen molar-refractivity contribution in [1.82, 2.24) is 20.1 Å². The molecule has 2 aliphatic heterocycles. The quantitative estimate of drug-likeness (QED) is 0.877. The van der Waals surface area contributed by atoms with Crippen LogP contribution in [-0.4, -0.2) is 67.2 Å². The predicted molar refractivity (Wildman–Crippen MR) is 88.2 cm³/mol. The molecule has 5 nitrogen and oxygen atoms in total. The maximum Gasteiger partial charge on any atom is 0.107 e. The van der Waals surface area contributed by atoms with Gasteiger partial charge in [-0.3, -0.25) is 9.80 Å². The van der Waals surface area contributed by atoms with Crippen molar-refractivity contribution in [2.75, 3.05) is 46.4 Å². The molecule has 3 rings (SSSR count). The van der Waals surface area contributed by atoms with Crippen LogP contribution in [0.2, 0.25) is 0 Å². The normalized spacial score (nSPS) is 24.1. The molecule has 120 valence electrons. The van der Waals surface area contributed by atoms with E-state index >= 15 is 0 Å². The van der Waals surface area contributed by atoms with E-state index in [1.807, 2.05) is 6.20 Å². The van der Waals surface area contributed by atoms with Crippen LogP contribution in [-0.2, 0) is 17.9 Å². The third-order valence-electron chi connectivity index (χ3n) is 4.16. The van der Waals surface area contributed by atoms with E-state index in [2.05, 4.69) is 20.1 Å². The van der Waals surface area contributed by atoms with Crippen LogP contribution >= 0.6 is 23.7 Å². The Bertz CT molecular complexity index is 425. The summed E-state index contributed by atoms with van der Waals surface area (Å²) in [7, 11) is 1.73. The van der Waals surface area contributed by atoms with E-state index in [1.54, 1.807) is 18.4 Å². The van der Waals surface area contributed by atoms with Gasteiger partial charge in [-0.2, -0.15) is 0 Å². The summed E-state index contributed by atoms with van der Waals surface area (Å²) in [5, 5.41) is 4.65. The second kappa shape index (κ2) is 8.41. The van der Waals surface area contributed by atoms with Crippen molar-refractivity contribution in [3.63, 3.8) is 0 Å². The van der Waals surface area contributed by atoms with Crippen molar-refractivity contribution < 1.29 is 4.74 Å². The number of hydrogen-bond donors (Lipinski definition) is 1. The number of thiazole rings is 1. The molecule has 1 N–H and O–H groups in total. The van der Waals surface area contributed by atoms with Gasteiger partial charge in [0.2, 0.25) is 0 Å². The molecule has 2 saturated heterocycles. The van der Waals surface area contributed by atoms with E-state index in [0.717, 1.165) is 25.7 Å². The van der Waals surface area contributed by atoms with Crippen molar-refractivity contribution >= 4 is 23.7 Å². The molecule has 1 aromatic heterocycles. The zero-order valence-electron chi connectivity index (χ0n) is 12.6. The molecule has 0 saturated carbocycles. The first-order valence-corrected chi connectivity index (χ1v) is 8.26. The van der Waals surface area contributed by atoms with Gasteiger partial charge < -0.3 is 10.1 Å². The number of aromatic nitrogens is 1. The van der Waals surface area contributed by atoms with Crippen LogP contribution in [0.25, 0.3) is 0 Å². The van der Waals surface area contributed by atoms with E-state index in [-0.39, 0.29) is 12.4 Å². The fourth-order valence-electron chi connectivity index (χ4n) is 3.12. The summed E-state index contributed by atoms with van der Waals surface area (Å²) in [6, 6.07) is 0.746. The molecule has 1 unspecified atom stereocenters. The smallest absolute Gasteiger partial charge is 0.107 e. The van der Waals surface area contributed by atoms with Gasteiger partial charge in [0, 0.05) is 58.6 Å². The van der Waals surface area contributed by atoms with E-state index < -0.39 is 0 Å². The van der Waals surface area contributed by atoms with E-state index in [4.69, 9.17) is 4.74 Å². The third kappa shape index (κ3) is 4.61. The Morgan fingerprint density at radius 2 is 2.19 bits per heavy atom. The summed E-state index contributed by atoms with van der Waals surface area (Å²) < 4.78 is 5.15. The van der Waals surface area contributed by atoms with E-state index in [0.29, 0.717) is 6.61 Å². The number of ether oxygens (including phenoxy) is 1. The Hall–Kier alpha value is -0.240. The van der Waals surface area contributed by atoms with Crippen LogP contribution in [0.1, 0.15) is 16.3 Å². The van der Waals surface area contributed by atoms with Gasteiger partial charge in [-0.05, 0) is 6.42 Å². The highest BCUT2D eigenvalue weighted by molar-refractivity contribution is 7.11. The number of methoxy groups -OCH3 is 1. The molecule has 0 amide bonds. The maximum atomic E-state index is 5.15. The Balaban J connectivity index is 0.00000161. The Morgan fingerprint density at radius 3 is 2.95 bits per heavy atom. The lowest BCUT2D eigenvalue weighted by Gasteiger charge is -2.32. The average molecular weight is 333 g/mol. The molecule has 2 fully saturated rings. The van der Waals surface area contributed by atoms with Crippen LogP contribution in [0, 0.1) is 0 Å². The van der Waals surface area contributed by atoms with Gasteiger partial charge in [0.1, 0.15) is 5.01 Å². The van der Waals surface area contributed by atoms with Crippen molar-refractivity contribution in [1.29, 1.82) is 0 Å². The molecule has 0 spiro atoms. The average Bonchev–Trinajstić information content (AvgIpc) is 3.11. The van der Waals surface area contributed by atoms with Gasteiger partial charge in [-0.1, -0.05) is 0 Å². The fourth-order valence-corrected chi connectivity index (χ4v) is 4.06. The Kier molecular flexibility index (Phi) is 6.85. The molecule has 0 aliphatic carbocycles. The van der Waals surface area contributed by atoms with Crippen LogP contribution < -0.4 is 5.32 Å². The zero-order valence-corrected chi connectivity index (χ0v) is 14.2. The minimum atomic E-state index is 0. The molecular formula is C14H25ClN4OS. The zero-order chi connectivity index (χ0) is 13.8. The summed E-state index contributed by atoms with van der Waals surface area (Å²) in [5.74, 6) is 0. The summed E-state index contributed by atoms with van der Waals surface area (Å²) in [6.07, 6.45) is 3.25. The lowest BCUT2D eigenvalue weighted by atomic mass is 10.2. The highest BCUT2D eigenvalue weighted by Gasteiger charge is 2.28. The minimum Gasteiger partial charge on any atom is -0.379 e. The SMILES string of the molecule is COCc1cnc(CN2CCC(N3CCNCC3)C2)s1.Cl. The number of likely N-dealkylation sites (tertiary alicyclic amines) is 1. The lowest BCUT2D eigenvalue weighted by Crippen LogP contribution is -2.49. The lowest BCUT2D eigenvalue weighted by molar-refractivity contribution is 0.170. The topological polar surface area (TPSA) is 40.6 Å². The monoisotopic (exact) mass is 332 g/mol. The summed E-state index contributed by atoms with van der Waals surface area (Å²) in [4.78, 5) is 10.9. The van der Waals surface area contributed by atoms with Gasteiger partial charge in [0.25, 0.3) is 0 Å². The number of hydrogen-bond acceptors (Lipinski definition) is 6. The van der Waals surface area contributed by atoms with E-state index in [9.17, 15) is 0 Å². The van der Waals surface area contributed by atoms with Gasteiger partial charge in [-0.15, -0.1) is 23.7 Å². The summed E-state index contributed by atoms with van der Waals surface area (Å²) in [6.45, 7) is 8.76. The number of halogens is 1. The molecule has 21 heavy (non-hydrogen) atoms. The summed E-state index contributed by atoms with van der Waals surface area (Å²) >= 11 is 1.78. The third-order valence-corrected chi connectivity index (χ3v) is 5.12. The molecule has 7 heteroatoms. The Labute approximate surface area is 137 Å². The van der Waals surface area contributed by atoms with Crippen molar-refractivity contribution in [3.05, 3.63) is 16.1 Å². The molecule has 0 aromatic carbocycles. The van der Waals surface area contributed by atoms with Crippen molar-refractivity contribution in [2.24, 2.45) is 0 Å². The highest BCUT2D eigenvalue weighted by atomic mass is 35.5. The molecular weight excluding hydrogens is 308 g/mol. The molecule has 2 aliphatic rings. The van der Waals surface area contributed by atoms with Gasteiger partial charge >= 0.3 is 0 Å². The number of piperazine rings is 1. The Morgan fingerprint density at radius 1 is 1.38 bits per heavy atom. The molecule has 3 heterocycles. The molecule has 1 atom stereocenters. The standard InChI is InChI=1S/C14H24N4OS.ClH/c1-19-11-13-8-16-14(20-13)10-17-5-2-12(9-17)18-6-3-15-4-7-18;/h8,12,15H,2-7,9-11H2,1H3;1H. The first kappa shape index (κ1) is 17.1. The molecule has 1 aromatic rings. The van der Waals surface area contributed by atoms with Crippen molar-refractivity contribution in [2.45, 2.75) is 25.6 Å². The summed E-state index contributed by atoms with van der Waals surface area (Å²) in [5.41, 5.74) is 0. The van der Waals surface area contributed by atoms with Crippen LogP contribution in [0.4, 0.5) is 0 Å². The van der Waals surface area contributed by atoms with Gasteiger partial charge in [0.15, 0.2) is 0 Å². The van der Waals surface area contributed by atoms with Gasteiger partial charge in [0.05, 0.1) is 18.0 Å². The van der Waals surface area contributed by atoms with Crippen LogP contribution in [0.15, 0.2) is 6.20 Å². The largest absolute Gasteiger partial charge is 0.379 e. The molecule has 0 bridgehead atoms. The first-order chi connectivity index (χ1) is 9.85. The second-order valence-electron chi connectivity index (χ2n) is 5.62. The highest BCUT2D eigenvalue weighted by Crippen LogP contribution is 2.21. The van der Waals surface area contributed by atoms with Crippen LogP contribution in [0.3, 0.4) is 0 Å². The van der Waals surface area contributed by atoms with Crippen molar-refractivity contribution in [3.8, 4) is 0 Å². The number of nitrogens with one attached hydrogen (secondary N) is 1. The van der Waals surface area contributed by atoms with E-state index in [1.165, 1.54) is 42.5 Å². The first-order valence-electron chi connectivity index (χ1n) is 7.45.